The zero-order valence-corrected chi connectivity index (χ0v) is 42.3. The van der Waals surface area contributed by atoms with Gasteiger partial charge in [0.25, 0.3) is 0 Å². The molecule has 64 heavy (non-hydrogen) atoms. The van der Waals surface area contributed by atoms with Gasteiger partial charge in [0.05, 0.1) is 0 Å². The molecular formula is C60H68O4. The molecule has 0 heterocycles. The van der Waals surface area contributed by atoms with Crippen LogP contribution in [-0.4, -0.2) is 23.1 Å². The van der Waals surface area contributed by atoms with E-state index >= 15 is 0 Å². The topological polar surface area (TPSA) is 68.3 Å². The fourth-order valence-electron chi connectivity index (χ4n) is 10.6. The van der Waals surface area contributed by atoms with Crippen molar-refractivity contribution < 1.29 is 19.2 Å². The van der Waals surface area contributed by atoms with Gasteiger partial charge in [-0.15, -0.1) is 0 Å². The first kappa shape index (κ1) is 49.0. The smallest absolute Gasteiger partial charge is 0.194 e. The fourth-order valence-corrected chi connectivity index (χ4v) is 10.6. The number of hydrogen-bond donors (Lipinski definition) is 0. The van der Waals surface area contributed by atoms with Crippen molar-refractivity contribution in [3.63, 3.8) is 0 Å². The van der Waals surface area contributed by atoms with Gasteiger partial charge < -0.3 is 0 Å². The normalized spacial score (nSPS) is 11.1. The second kappa shape index (κ2) is 18.6. The second-order valence-electron chi connectivity index (χ2n) is 18.9. The number of aryl methyl sites for hydroxylation is 12. The van der Waals surface area contributed by atoms with Crippen LogP contribution in [0.2, 0.25) is 0 Å². The average Bonchev–Trinajstić information content (AvgIpc) is 3.15. The fraction of sp³-hybridized carbons (Fsp3) is 0.333. The maximum Gasteiger partial charge on any atom is 0.194 e. The SMILES string of the molecule is Cc1cc(C)c(C(=O)c2c(C)c(C)c(C(=O)c3c(C)cc(C)cc3C)c(C)c2C)c(C)c1.Cc1cc(C)c(C(=O)c2c(C)c(C)c(C(=O)c3c(C)cc(C)cc3C)c(C)c2C)c(C)c1. The van der Waals surface area contributed by atoms with E-state index in [2.05, 4.69) is 76.2 Å². The van der Waals surface area contributed by atoms with Gasteiger partial charge in [0.2, 0.25) is 0 Å². The molecule has 0 saturated carbocycles. The highest BCUT2D eigenvalue weighted by Crippen LogP contribution is 2.35. The van der Waals surface area contributed by atoms with Crippen LogP contribution in [0.1, 0.15) is 175 Å². The third-order valence-electron chi connectivity index (χ3n) is 13.8. The maximum atomic E-state index is 13.8. The van der Waals surface area contributed by atoms with Crippen molar-refractivity contribution in [2.45, 2.75) is 138 Å². The van der Waals surface area contributed by atoms with Crippen LogP contribution < -0.4 is 0 Å². The Morgan fingerprint density at radius 1 is 0.203 bits per heavy atom. The summed E-state index contributed by atoms with van der Waals surface area (Å²) in [5, 5.41) is 0. The Labute approximate surface area is 383 Å². The monoisotopic (exact) mass is 853 g/mol. The number of carbonyl (C=O) groups excluding carboxylic acids is 4. The van der Waals surface area contributed by atoms with Crippen LogP contribution in [0.4, 0.5) is 0 Å². The molecule has 0 atom stereocenters. The van der Waals surface area contributed by atoms with E-state index in [1.54, 1.807) is 0 Å². The van der Waals surface area contributed by atoms with Crippen LogP contribution >= 0.6 is 0 Å². The molecular weight excluding hydrogens is 785 g/mol. The summed E-state index contributed by atoms with van der Waals surface area (Å²) in [7, 11) is 0. The maximum absolute atomic E-state index is 13.8. The van der Waals surface area contributed by atoms with Crippen LogP contribution in [0.15, 0.2) is 48.5 Å². The first-order valence-electron chi connectivity index (χ1n) is 22.4. The van der Waals surface area contributed by atoms with Crippen molar-refractivity contribution in [1.82, 2.24) is 0 Å². The molecule has 6 aromatic rings. The Hall–Kier alpha value is -6.00. The lowest BCUT2D eigenvalue weighted by Gasteiger charge is -2.22. The highest BCUT2D eigenvalue weighted by molar-refractivity contribution is 6.18. The minimum absolute atomic E-state index is 0.0443. The molecule has 0 aromatic heterocycles. The number of ketones is 4. The lowest BCUT2D eigenvalue weighted by Crippen LogP contribution is -2.17. The van der Waals surface area contributed by atoms with Crippen molar-refractivity contribution >= 4 is 23.1 Å². The number of benzene rings is 6. The molecule has 0 N–H and O–H groups in total. The van der Waals surface area contributed by atoms with Crippen LogP contribution in [0.3, 0.4) is 0 Å². The minimum atomic E-state index is 0.0443. The van der Waals surface area contributed by atoms with Gasteiger partial charge in [0, 0.05) is 44.5 Å². The van der Waals surface area contributed by atoms with Gasteiger partial charge in [-0.2, -0.15) is 0 Å². The molecule has 4 nitrogen and oxygen atoms in total. The van der Waals surface area contributed by atoms with Crippen LogP contribution in [0.5, 0.6) is 0 Å². The van der Waals surface area contributed by atoms with Gasteiger partial charge in [-0.1, -0.05) is 70.8 Å². The summed E-state index contributed by atoms with van der Waals surface area (Å²) < 4.78 is 0. The number of hydrogen-bond acceptors (Lipinski definition) is 4. The molecule has 0 spiro atoms. The average molecular weight is 853 g/mol. The number of rotatable bonds is 8. The Bertz CT molecular complexity index is 2430. The van der Waals surface area contributed by atoms with Crippen molar-refractivity contribution in [3.05, 3.63) is 204 Å². The van der Waals surface area contributed by atoms with Crippen molar-refractivity contribution in [2.24, 2.45) is 0 Å². The van der Waals surface area contributed by atoms with E-state index in [-0.39, 0.29) is 23.1 Å². The quantitative estimate of drug-likeness (QED) is 0.143. The molecule has 0 unspecified atom stereocenters. The Kier molecular flexibility index (Phi) is 14.3. The Morgan fingerprint density at radius 3 is 0.422 bits per heavy atom. The summed E-state index contributed by atoms with van der Waals surface area (Å²) in [6, 6.07) is 16.5. The van der Waals surface area contributed by atoms with Crippen molar-refractivity contribution in [2.75, 3.05) is 0 Å². The predicted molar refractivity (Wildman–Crippen MR) is 267 cm³/mol. The van der Waals surface area contributed by atoms with E-state index < -0.39 is 0 Å². The summed E-state index contributed by atoms with van der Waals surface area (Å²) in [5.74, 6) is 0.177. The van der Waals surface area contributed by atoms with Gasteiger partial charge in [0.1, 0.15) is 0 Å². The Balaban J connectivity index is 0.000000241. The van der Waals surface area contributed by atoms with Gasteiger partial charge in [-0.05, 0) is 227 Å². The Morgan fingerprint density at radius 2 is 0.312 bits per heavy atom. The van der Waals surface area contributed by atoms with Gasteiger partial charge >= 0.3 is 0 Å². The van der Waals surface area contributed by atoms with Crippen LogP contribution in [0.25, 0.3) is 0 Å². The molecule has 0 fully saturated rings. The zero-order chi connectivity index (χ0) is 48.1. The molecule has 332 valence electrons. The van der Waals surface area contributed by atoms with Gasteiger partial charge in [0.15, 0.2) is 23.1 Å². The van der Waals surface area contributed by atoms with E-state index in [1.165, 1.54) is 0 Å². The van der Waals surface area contributed by atoms with E-state index in [0.29, 0.717) is 0 Å². The first-order chi connectivity index (χ1) is 29.7. The summed E-state index contributed by atoms with van der Waals surface area (Å²) in [4.78, 5) is 55.0. The highest BCUT2D eigenvalue weighted by atomic mass is 16.1. The highest BCUT2D eigenvalue weighted by Gasteiger charge is 2.29. The van der Waals surface area contributed by atoms with Gasteiger partial charge in [-0.25, -0.2) is 0 Å². The lowest BCUT2D eigenvalue weighted by atomic mass is 9.81. The standard InChI is InChI=1S/2C30H34O2/c2*1-15-11-17(3)25(18(4)12-15)29(31)27-21(7)23(9)28(24(10)22(27)8)30(32)26-19(5)13-16(2)14-20(26)6/h2*11-14H,1-10H3. The van der Waals surface area contributed by atoms with Crippen LogP contribution in [-0.2, 0) is 0 Å². The van der Waals surface area contributed by atoms with E-state index in [9.17, 15) is 19.2 Å². The minimum Gasteiger partial charge on any atom is -0.289 e. The second-order valence-corrected chi connectivity index (χ2v) is 18.9. The summed E-state index contributed by atoms with van der Waals surface area (Å²) in [6.07, 6.45) is 0. The molecule has 6 aromatic carbocycles. The summed E-state index contributed by atoms with van der Waals surface area (Å²) >= 11 is 0. The third kappa shape index (κ3) is 8.90. The summed E-state index contributed by atoms with van der Waals surface area (Å²) in [5.41, 5.74) is 25.7. The van der Waals surface area contributed by atoms with Crippen LogP contribution in [0, 0.1) is 138 Å². The summed E-state index contributed by atoms with van der Waals surface area (Å²) in [6.45, 7) is 40.0. The van der Waals surface area contributed by atoms with E-state index in [4.69, 9.17) is 0 Å². The van der Waals surface area contributed by atoms with E-state index in [1.807, 2.05) is 111 Å². The lowest BCUT2D eigenvalue weighted by molar-refractivity contribution is 0.102. The van der Waals surface area contributed by atoms with Crippen molar-refractivity contribution in [3.8, 4) is 0 Å². The molecule has 0 bridgehead atoms. The molecule has 0 amide bonds. The zero-order valence-electron chi connectivity index (χ0n) is 42.3. The molecule has 0 aliphatic carbocycles. The molecule has 0 aliphatic rings. The molecule has 6 rings (SSSR count). The van der Waals surface area contributed by atoms with Crippen molar-refractivity contribution in [1.29, 1.82) is 0 Å². The predicted octanol–water partition coefficient (Wildman–Crippen LogP) is 14.5. The van der Waals surface area contributed by atoms with Gasteiger partial charge in [-0.3, -0.25) is 19.2 Å². The first-order valence-corrected chi connectivity index (χ1v) is 22.4. The third-order valence-corrected chi connectivity index (χ3v) is 13.8. The molecule has 0 radical (unpaired) electrons. The largest absolute Gasteiger partial charge is 0.289 e. The molecule has 0 aliphatic heterocycles. The van der Waals surface area contributed by atoms with E-state index in [0.717, 1.165) is 156 Å². The molecule has 4 heteroatoms. The molecule has 0 saturated heterocycles. The number of carbonyl (C=O) groups is 4.